The van der Waals surface area contributed by atoms with Crippen LogP contribution in [0, 0.1) is 0 Å². The highest BCUT2D eigenvalue weighted by Gasteiger charge is 2.08. The Balaban J connectivity index is 3.56. The molecule has 0 fully saturated rings. The molecule has 0 heterocycles. The fraction of sp³-hybridized carbons (Fsp3) is 0.973. The number of carbonyl (C=O) groups excluding carboxylic acids is 1. The summed E-state index contributed by atoms with van der Waals surface area (Å²) in [5.41, 5.74) is 0. The average Bonchev–Trinajstić information content (AvgIpc) is 2.99. The van der Waals surface area contributed by atoms with Gasteiger partial charge in [0.2, 0.25) is 5.91 Å². The zero-order chi connectivity index (χ0) is 30.8. The van der Waals surface area contributed by atoms with Crippen molar-refractivity contribution in [2.24, 2.45) is 0 Å². The first-order valence-corrected chi connectivity index (χ1v) is 19.0. The Labute approximate surface area is 264 Å². The van der Waals surface area contributed by atoms with E-state index in [1.165, 1.54) is 148 Å². The zero-order valence-electron chi connectivity index (χ0n) is 29.1. The average molecular weight is 596 g/mol. The molecule has 0 saturated carbocycles. The molecule has 0 aromatic carbocycles. The van der Waals surface area contributed by atoms with E-state index in [-0.39, 0.29) is 12.5 Å². The first kappa shape index (κ1) is 41.4. The molecule has 0 rings (SSSR count). The van der Waals surface area contributed by atoms with Crippen LogP contribution in [-0.4, -0.2) is 73.2 Å². The van der Waals surface area contributed by atoms with Gasteiger partial charge in [-0.15, -0.1) is 0 Å². The van der Waals surface area contributed by atoms with Crippen LogP contribution in [-0.2, 0) is 4.79 Å². The Bertz CT molecular complexity index is 525. The van der Waals surface area contributed by atoms with Gasteiger partial charge in [-0.2, -0.15) is 0 Å². The SMILES string of the molecule is CCCCCCCCCCCCCCCCCCCCCC(=O)NCCCN(CCCO)CCCN(CCC)CCC. The molecule has 0 spiro atoms. The molecule has 1 amide bonds. The lowest BCUT2D eigenvalue weighted by Gasteiger charge is -2.25. The molecule has 0 saturated heterocycles. The van der Waals surface area contributed by atoms with Crippen LogP contribution in [0.2, 0.25) is 0 Å². The fourth-order valence-electron chi connectivity index (χ4n) is 6.10. The maximum absolute atomic E-state index is 12.2. The molecule has 0 unspecified atom stereocenters. The van der Waals surface area contributed by atoms with Gasteiger partial charge in [-0.25, -0.2) is 0 Å². The van der Waals surface area contributed by atoms with Gasteiger partial charge < -0.3 is 20.2 Å². The van der Waals surface area contributed by atoms with E-state index in [0.717, 1.165) is 52.0 Å². The van der Waals surface area contributed by atoms with E-state index in [1.54, 1.807) is 0 Å². The highest BCUT2D eigenvalue weighted by atomic mass is 16.3. The molecule has 2 N–H and O–H groups in total. The third-order valence-corrected chi connectivity index (χ3v) is 8.64. The van der Waals surface area contributed by atoms with Gasteiger partial charge in [-0.3, -0.25) is 4.79 Å². The third-order valence-electron chi connectivity index (χ3n) is 8.64. The standard InChI is InChI=1S/C37H77N3O2/c1-4-7-8-9-10-11-12-13-14-15-16-17-18-19-20-21-22-23-24-28-37(42)38-29-25-32-40(35-27-36-41)34-26-33-39(30-5-2)31-6-3/h41H,4-36H2,1-3H3,(H,38,42). The summed E-state index contributed by atoms with van der Waals surface area (Å²) in [5, 5.41) is 12.4. The summed E-state index contributed by atoms with van der Waals surface area (Å²) in [4.78, 5) is 17.3. The fourth-order valence-corrected chi connectivity index (χ4v) is 6.10. The Kier molecular flexibility index (Phi) is 34.3. The molecule has 5 nitrogen and oxygen atoms in total. The quantitative estimate of drug-likeness (QED) is 0.0717. The predicted octanol–water partition coefficient (Wildman–Crippen LogP) is 9.51. The smallest absolute Gasteiger partial charge is 0.219 e. The molecule has 0 radical (unpaired) electrons. The first-order valence-electron chi connectivity index (χ1n) is 19.0. The van der Waals surface area contributed by atoms with E-state index < -0.39 is 0 Å². The summed E-state index contributed by atoms with van der Waals surface area (Å²) >= 11 is 0. The van der Waals surface area contributed by atoms with Crippen LogP contribution in [0.25, 0.3) is 0 Å². The van der Waals surface area contributed by atoms with Crippen molar-refractivity contribution in [2.75, 3.05) is 52.4 Å². The summed E-state index contributed by atoms with van der Waals surface area (Å²) in [5.74, 6) is 0.221. The Morgan fingerprint density at radius 2 is 0.833 bits per heavy atom. The minimum absolute atomic E-state index is 0.221. The summed E-state index contributed by atoms with van der Waals surface area (Å²) in [6.45, 7) is 14.4. The van der Waals surface area contributed by atoms with Crippen LogP contribution in [0.15, 0.2) is 0 Å². The number of unbranched alkanes of at least 4 members (excludes halogenated alkanes) is 18. The summed E-state index contributed by atoms with van der Waals surface area (Å²) in [6, 6.07) is 0. The van der Waals surface area contributed by atoms with Crippen molar-refractivity contribution >= 4 is 5.91 Å². The number of aliphatic hydroxyl groups is 1. The van der Waals surface area contributed by atoms with E-state index >= 15 is 0 Å². The number of rotatable bonds is 35. The molecule has 0 atom stereocenters. The Hall–Kier alpha value is -0.650. The molecule has 0 aliphatic heterocycles. The second-order valence-electron chi connectivity index (χ2n) is 12.9. The van der Waals surface area contributed by atoms with Gasteiger partial charge in [-0.1, -0.05) is 136 Å². The minimum atomic E-state index is 0.221. The van der Waals surface area contributed by atoms with Crippen molar-refractivity contribution in [3.8, 4) is 0 Å². The summed E-state index contributed by atoms with van der Waals surface area (Å²) in [6.07, 6.45) is 32.3. The second-order valence-corrected chi connectivity index (χ2v) is 12.9. The highest BCUT2D eigenvalue weighted by Crippen LogP contribution is 2.15. The van der Waals surface area contributed by atoms with Gasteiger partial charge in [-0.05, 0) is 71.2 Å². The Morgan fingerprint density at radius 1 is 0.452 bits per heavy atom. The van der Waals surface area contributed by atoms with Gasteiger partial charge in [0, 0.05) is 26.1 Å². The predicted molar refractivity (Wildman–Crippen MR) is 185 cm³/mol. The van der Waals surface area contributed by atoms with E-state index in [4.69, 9.17) is 0 Å². The van der Waals surface area contributed by atoms with Crippen molar-refractivity contribution in [1.82, 2.24) is 15.1 Å². The van der Waals surface area contributed by atoms with Crippen LogP contribution >= 0.6 is 0 Å². The third kappa shape index (κ3) is 30.8. The van der Waals surface area contributed by atoms with E-state index in [1.807, 2.05) is 0 Å². The molecule has 0 aromatic rings. The van der Waals surface area contributed by atoms with Gasteiger partial charge in [0.25, 0.3) is 0 Å². The summed E-state index contributed by atoms with van der Waals surface area (Å²) in [7, 11) is 0. The number of nitrogens with one attached hydrogen (secondary N) is 1. The number of amides is 1. The molecule has 252 valence electrons. The number of hydrogen-bond acceptors (Lipinski definition) is 4. The largest absolute Gasteiger partial charge is 0.396 e. The van der Waals surface area contributed by atoms with E-state index in [0.29, 0.717) is 6.42 Å². The molecule has 0 aromatic heterocycles. The maximum atomic E-state index is 12.2. The van der Waals surface area contributed by atoms with Crippen molar-refractivity contribution in [1.29, 1.82) is 0 Å². The van der Waals surface area contributed by atoms with Crippen molar-refractivity contribution in [3.63, 3.8) is 0 Å². The lowest BCUT2D eigenvalue weighted by atomic mass is 10.0. The van der Waals surface area contributed by atoms with Gasteiger partial charge in [0.1, 0.15) is 0 Å². The molecule has 5 heteroatoms. The second kappa shape index (κ2) is 34.8. The normalized spacial score (nSPS) is 11.7. The van der Waals surface area contributed by atoms with Crippen LogP contribution in [0.5, 0.6) is 0 Å². The molecule has 0 aliphatic rings. The molecule has 0 bridgehead atoms. The lowest BCUT2D eigenvalue weighted by molar-refractivity contribution is -0.121. The van der Waals surface area contributed by atoms with Gasteiger partial charge in [0.05, 0.1) is 0 Å². The maximum Gasteiger partial charge on any atom is 0.219 e. The number of carbonyl (C=O) groups is 1. The van der Waals surface area contributed by atoms with Crippen molar-refractivity contribution in [2.45, 2.75) is 181 Å². The zero-order valence-corrected chi connectivity index (χ0v) is 29.1. The van der Waals surface area contributed by atoms with Gasteiger partial charge in [0.15, 0.2) is 0 Å². The summed E-state index contributed by atoms with van der Waals surface area (Å²) < 4.78 is 0. The van der Waals surface area contributed by atoms with Crippen molar-refractivity contribution < 1.29 is 9.90 Å². The van der Waals surface area contributed by atoms with E-state index in [9.17, 15) is 9.90 Å². The Morgan fingerprint density at radius 3 is 1.26 bits per heavy atom. The highest BCUT2D eigenvalue weighted by molar-refractivity contribution is 5.75. The lowest BCUT2D eigenvalue weighted by Crippen LogP contribution is -2.34. The minimum Gasteiger partial charge on any atom is -0.396 e. The topological polar surface area (TPSA) is 55.8 Å². The van der Waals surface area contributed by atoms with Crippen LogP contribution in [0.3, 0.4) is 0 Å². The molecule has 0 aliphatic carbocycles. The van der Waals surface area contributed by atoms with Crippen LogP contribution in [0.1, 0.15) is 181 Å². The van der Waals surface area contributed by atoms with Crippen molar-refractivity contribution in [3.05, 3.63) is 0 Å². The first-order chi connectivity index (χ1) is 20.7. The number of aliphatic hydroxyl groups excluding tert-OH is 1. The molecular formula is C37H77N3O2. The van der Waals surface area contributed by atoms with E-state index in [2.05, 4.69) is 35.9 Å². The van der Waals surface area contributed by atoms with Crippen LogP contribution in [0.4, 0.5) is 0 Å². The molecular weight excluding hydrogens is 518 g/mol. The number of nitrogens with zero attached hydrogens (tertiary/aromatic N) is 2. The monoisotopic (exact) mass is 596 g/mol. The number of hydrogen-bond donors (Lipinski definition) is 2. The van der Waals surface area contributed by atoms with Crippen LogP contribution < -0.4 is 5.32 Å². The van der Waals surface area contributed by atoms with Gasteiger partial charge >= 0.3 is 0 Å². The molecule has 42 heavy (non-hydrogen) atoms.